The highest BCUT2D eigenvalue weighted by molar-refractivity contribution is 6.05. The largest absolute Gasteiger partial charge is 0.454 e. The number of amides is 1. The summed E-state index contributed by atoms with van der Waals surface area (Å²) in [5.74, 6) is 0.568. The molecule has 0 radical (unpaired) electrons. The lowest BCUT2D eigenvalue weighted by Crippen LogP contribution is -2.11. The van der Waals surface area contributed by atoms with E-state index in [0.717, 1.165) is 0 Å². The van der Waals surface area contributed by atoms with Crippen molar-refractivity contribution in [2.24, 2.45) is 0 Å². The summed E-state index contributed by atoms with van der Waals surface area (Å²) in [6, 6.07) is 16.1. The standard InChI is InChI=1S/C20H13FN4O3/c21-13-2-5-15(6-3-13)25-23-16-7-4-14(10-17(16)24-25)22-20(26)12-1-8-18-19(9-12)28-11-27-18/h1-10H,11H2,(H,22,26). The van der Waals surface area contributed by atoms with E-state index in [1.807, 2.05) is 0 Å². The summed E-state index contributed by atoms with van der Waals surface area (Å²) in [5.41, 5.74) is 2.95. The van der Waals surface area contributed by atoms with Gasteiger partial charge in [0.2, 0.25) is 6.79 Å². The molecular formula is C20H13FN4O3. The van der Waals surface area contributed by atoms with Gasteiger partial charge < -0.3 is 14.8 Å². The van der Waals surface area contributed by atoms with Gasteiger partial charge >= 0.3 is 0 Å². The molecule has 0 bridgehead atoms. The van der Waals surface area contributed by atoms with Gasteiger partial charge in [0.25, 0.3) is 5.91 Å². The van der Waals surface area contributed by atoms with E-state index in [1.165, 1.54) is 16.9 Å². The molecule has 138 valence electrons. The van der Waals surface area contributed by atoms with Crippen molar-refractivity contribution in [3.63, 3.8) is 0 Å². The summed E-state index contributed by atoms with van der Waals surface area (Å²) in [4.78, 5) is 13.9. The minimum Gasteiger partial charge on any atom is -0.454 e. The minimum absolute atomic E-state index is 0.154. The number of nitrogens with zero attached hydrogens (tertiary/aromatic N) is 3. The van der Waals surface area contributed by atoms with Gasteiger partial charge in [-0.15, -0.1) is 10.2 Å². The van der Waals surface area contributed by atoms with Crippen molar-refractivity contribution in [3.05, 3.63) is 72.0 Å². The summed E-state index contributed by atoms with van der Waals surface area (Å²) < 4.78 is 23.6. The molecule has 0 atom stereocenters. The summed E-state index contributed by atoms with van der Waals surface area (Å²) >= 11 is 0. The van der Waals surface area contributed by atoms with E-state index in [-0.39, 0.29) is 18.5 Å². The first-order valence-corrected chi connectivity index (χ1v) is 8.50. The number of hydrogen-bond acceptors (Lipinski definition) is 5. The number of carbonyl (C=O) groups excluding carboxylic acids is 1. The van der Waals surface area contributed by atoms with Crippen molar-refractivity contribution in [1.29, 1.82) is 0 Å². The quantitative estimate of drug-likeness (QED) is 0.592. The lowest BCUT2D eigenvalue weighted by Gasteiger charge is -2.05. The molecule has 0 saturated heterocycles. The number of rotatable bonds is 3. The molecule has 2 heterocycles. The number of anilines is 1. The van der Waals surface area contributed by atoms with Crippen molar-refractivity contribution in [1.82, 2.24) is 15.0 Å². The maximum Gasteiger partial charge on any atom is 0.255 e. The normalized spacial score (nSPS) is 12.3. The van der Waals surface area contributed by atoms with E-state index >= 15 is 0 Å². The topological polar surface area (TPSA) is 78.3 Å². The van der Waals surface area contributed by atoms with Crippen molar-refractivity contribution in [3.8, 4) is 17.2 Å². The zero-order chi connectivity index (χ0) is 19.1. The molecule has 0 fully saturated rings. The third kappa shape index (κ3) is 2.90. The fraction of sp³-hybridized carbons (Fsp3) is 0.0500. The molecule has 0 saturated carbocycles. The Hall–Kier alpha value is -3.94. The van der Waals surface area contributed by atoms with Crippen LogP contribution in [0.15, 0.2) is 60.7 Å². The van der Waals surface area contributed by atoms with E-state index in [1.54, 1.807) is 48.5 Å². The molecule has 0 aliphatic carbocycles. The Morgan fingerprint density at radius 2 is 1.71 bits per heavy atom. The third-order valence-electron chi connectivity index (χ3n) is 4.33. The van der Waals surface area contributed by atoms with Gasteiger partial charge in [-0.1, -0.05) is 0 Å². The predicted octanol–water partition coefficient (Wildman–Crippen LogP) is 3.54. The molecule has 7 nitrogen and oxygen atoms in total. The molecule has 1 amide bonds. The zero-order valence-corrected chi connectivity index (χ0v) is 14.4. The molecule has 1 aliphatic rings. The van der Waals surface area contributed by atoms with Crippen molar-refractivity contribution in [2.75, 3.05) is 12.1 Å². The van der Waals surface area contributed by atoms with Gasteiger partial charge in [-0.2, -0.15) is 4.80 Å². The van der Waals surface area contributed by atoms with Crippen molar-refractivity contribution in [2.45, 2.75) is 0 Å². The van der Waals surface area contributed by atoms with Crippen LogP contribution < -0.4 is 14.8 Å². The van der Waals surface area contributed by atoms with Crippen LogP contribution >= 0.6 is 0 Å². The van der Waals surface area contributed by atoms with Gasteiger partial charge in [0, 0.05) is 11.3 Å². The number of nitrogens with one attached hydrogen (secondary N) is 1. The Morgan fingerprint density at radius 1 is 0.929 bits per heavy atom. The monoisotopic (exact) mass is 376 g/mol. The SMILES string of the molecule is O=C(Nc1ccc2nn(-c3ccc(F)cc3)nc2c1)c1ccc2c(c1)OCO2. The van der Waals surface area contributed by atoms with Crippen LogP contribution in [0.4, 0.5) is 10.1 Å². The third-order valence-corrected chi connectivity index (χ3v) is 4.33. The molecule has 4 aromatic rings. The maximum absolute atomic E-state index is 13.1. The van der Waals surface area contributed by atoms with E-state index in [2.05, 4.69) is 15.5 Å². The van der Waals surface area contributed by atoms with Crippen molar-refractivity contribution < 1.29 is 18.7 Å². The lowest BCUT2D eigenvalue weighted by atomic mass is 10.2. The van der Waals surface area contributed by atoms with Crippen LogP contribution in [0.3, 0.4) is 0 Å². The minimum atomic E-state index is -0.325. The van der Waals surface area contributed by atoms with Gasteiger partial charge in [-0.25, -0.2) is 4.39 Å². The summed E-state index contributed by atoms with van der Waals surface area (Å²) in [6.45, 7) is 0.154. The van der Waals surface area contributed by atoms with Gasteiger partial charge in [0.15, 0.2) is 11.5 Å². The maximum atomic E-state index is 13.1. The molecule has 1 N–H and O–H groups in total. The Morgan fingerprint density at radius 3 is 2.57 bits per heavy atom. The van der Waals surface area contributed by atoms with Crippen LogP contribution in [0, 0.1) is 5.82 Å². The molecule has 5 rings (SSSR count). The number of fused-ring (bicyclic) bond motifs is 2. The highest BCUT2D eigenvalue weighted by atomic mass is 19.1. The first-order chi connectivity index (χ1) is 13.7. The second-order valence-corrected chi connectivity index (χ2v) is 6.19. The Balaban J connectivity index is 1.40. The van der Waals surface area contributed by atoms with E-state index in [0.29, 0.717) is 39.5 Å². The van der Waals surface area contributed by atoms with E-state index < -0.39 is 0 Å². The number of benzene rings is 3. The Kier molecular flexibility index (Phi) is 3.68. The molecular weight excluding hydrogens is 363 g/mol. The molecule has 0 unspecified atom stereocenters. The van der Waals surface area contributed by atoms with Crippen LogP contribution in [-0.2, 0) is 0 Å². The summed E-state index contributed by atoms with van der Waals surface area (Å²) in [5, 5.41) is 11.6. The van der Waals surface area contributed by atoms with Gasteiger partial charge in [0.05, 0.1) is 5.69 Å². The first-order valence-electron chi connectivity index (χ1n) is 8.50. The first kappa shape index (κ1) is 16.2. The molecule has 8 heteroatoms. The number of carbonyl (C=O) groups is 1. The molecule has 1 aromatic heterocycles. The van der Waals surface area contributed by atoms with Crippen LogP contribution in [0.2, 0.25) is 0 Å². The molecule has 0 spiro atoms. The summed E-state index contributed by atoms with van der Waals surface area (Å²) in [7, 11) is 0. The summed E-state index contributed by atoms with van der Waals surface area (Å²) in [6.07, 6.45) is 0. The van der Waals surface area contributed by atoms with E-state index in [4.69, 9.17) is 9.47 Å². The van der Waals surface area contributed by atoms with E-state index in [9.17, 15) is 9.18 Å². The van der Waals surface area contributed by atoms with Crippen molar-refractivity contribution >= 4 is 22.6 Å². The Labute approximate surface area is 158 Å². The fourth-order valence-corrected chi connectivity index (χ4v) is 2.92. The average molecular weight is 376 g/mol. The second-order valence-electron chi connectivity index (χ2n) is 6.19. The molecule has 28 heavy (non-hydrogen) atoms. The van der Waals surface area contributed by atoms with Gasteiger partial charge in [-0.3, -0.25) is 4.79 Å². The average Bonchev–Trinajstić information content (AvgIpc) is 3.34. The van der Waals surface area contributed by atoms with Crippen LogP contribution in [0.25, 0.3) is 16.7 Å². The molecule has 3 aromatic carbocycles. The smallest absolute Gasteiger partial charge is 0.255 e. The predicted molar refractivity (Wildman–Crippen MR) is 99.3 cm³/mol. The molecule has 1 aliphatic heterocycles. The van der Waals surface area contributed by atoms with Crippen LogP contribution in [-0.4, -0.2) is 27.7 Å². The number of halogens is 1. The lowest BCUT2D eigenvalue weighted by molar-refractivity contribution is 0.102. The Bertz CT molecular complexity index is 1200. The number of aromatic nitrogens is 3. The van der Waals surface area contributed by atoms with Crippen LogP contribution in [0.5, 0.6) is 11.5 Å². The fourth-order valence-electron chi connectivity index (χ4n) is 2.92. The number of ether oxygens (including phenoxy) is 2. The number of hydrogen-bond donors (Lipinski definition) is 1. The second kappa shape index (κ2) is 6.34. The van der Waals surface area contributed by atoms with Crippen LogP contribution in [0.1, 0.15) is 10.4 Å². The highest BCUT2D eigenvalue weighted by Gasteiger charge is 2.16. The zero-order valence-electron chi connectivity index (χ0n) is 14.4. The highest BCUT2D eigenvalue weighted by Crippen LogP contribution is 2.32. The van der Waals surface area contributed by atoms with Gasteiger partial charge in [-0.05, 0) is 60.7 Å². The van der Waals surface area contributed by atoms with Gasteiger partial charge in [0.1, 0.15) is 16.9 Å².